The van der Waals surface area contributed by atoms with Gasteiger partial charge in [-0.1, -0.05) is 37.8 Å². The number of H-pyrrole nitrogens is 2. The van der Waals surface area contributed by atoms with Crippen molar-refractivity contribution in [1.82, 2.24) is 35.1 Å². The van der Waals surface area contributed by atoms with E-state index in [0.717, 1.165) is 70.7 Å². The van der Waals surface area contributed by atoms with E-state index in [1.807, 2.05) is 88.2 Å². The highest BCUT2D eigenvalue weighted by molar-refractivity contribution is 5.83. The van der Waals surface area contributed by atoms with Crippen molar-refractivity contribution in [2.24, 2.45) is 5.92 Å². The molecule has 0 bridgehead atoms. The van der Waals surface area contributed by atoms with E-state index in [1.165, 1.54) is 0 Å². The van der Waals surface area contributed by atoms with E-state index < -0.39 is 18.1 Å². The summed E-state index contributed by atoms with van der Waals surface area (Å²) in [6.07, 6.45) is 4.48. The lowest BCUT2D eigenvalue weighted by molar-refractivity contribution is -0.335. The quantitative estimate of drug-likeness (QED) is 0.203. The lowest BCUT2D eigenvalue weighted by atomic mass is 10.0. The molecule has 3 aliphatic heterocycles. The van der Waals surface area contributed by atoms with Crippen molar-refractivity contribution in [3.05, 3.63) is 71.4 Å². The summed E-state index contributed by atoms with van der Waals surface area (Å²) in [7, 11) is 0. The Morgan fingerprint density at radius 2 is 1.62 bits per heavy atom. The van der Waals surface area contributed by atoms with Crippen LogP contribution in [0.3, 0.4) is 0 Å². The van der Waals surface area contributed by atoms with Crippen LogP contribution in [-0.4, -0.2) is 79.7 Å². The summed E-state index contributed by atoms with van der Waals surface area (Å²) in [4.78, 5) is 46.5. The molecule has 2 aromatic carbocycles. The van der Waals surface area contributed by atoms with Crippen molar-refractivity contribution >= 4 is 23.0 Å². The van der Waals surface area contributed by atoms with Crippen LogP contribution in [-0.2, 0) is 19.0 Å². The van der Waals surface area contributed by atoms with Crippen LogP contribution in [0.4, 0.5) is 4.79 Å². The van der Waals surface area contributed by atoms with Crippen LogP contribution in [0.5, 0.6) is 0 Å². The number of likely N-dealkylation sites (tertiary alicyclic amines) is 2. The molecule has 0 unspecified atom stereocenters. The van der Waals surface area contributed by atoms with Crippen molar-refractivity contribution < 1.29 is 23.8 Å². The third-order valence-electron chi connectivity index (χ3n) is 9.38. The van der Waals surface area contributed by atoms with Gasteiger partial charge in [-0.2, -0.15) is 0 Å². The normalized spacial score (nSPS) is 20.2. The molecule has 12 heteroatoms. The molecule has 3 fully saturated rings. The minimum atomic E-state index is -0.545. The van der Waals surface area contributed by atoms with Crippen molar-refractivity contribution in [3.63, 3.8) is 0 Å². The van der Waals surface area contributed by atoms with E-state index in [-0.39, 0.29) is 36.8 Å². The van der Waals surface area contributed by atoms with Crippen LogP contribution in [0.1, 0.15) is 95.2 Å². The second-order valence-corrected chi connectivity index (χ2v) is 14.6. The molecule has 0 radical (unpaired) electrons. The number of ether oxygens (including phenoxy) is 3. The molecule has 0 spiro atoms. The van der Waals surface area contributed by atoms with E-state index in [0.29, 0.717) is 13.1 Å². The Kier molecular flexibility index (Phi) is 9.39. The van der Waals surface area contributed by atoms with E-state index in [1.54, 1.807) is 4.90 Å². The number of nitrogens with one attached hydrogen (secondary N) is 3. The van der Waals surface area contributed by atoms with Gasteiger partial charge in [-0.15, -0.1) is 0 Å². The number of nitrogens with zero attached hydrogens (tertiary/aromatic N) is 4. The second kappa shape index (κ2) is 13.9. The topological polar surface area (TPSA) is 138 Å². The molecule has 3 saturated heterocycles. The molecule has 50 heavy (non-hydrogen) atoms. The highest BCUT2D eigenvalue weighted by Gasteiger charge is 2.39. The average molecular weight is 680 g/mol. The van der Waals surface area contributed by atoms with Crippen molar-refractivity contribution in [1.29, 1.82) is 0 Å². The van der Waals surface area contributed by atoms with Gasteiger partial charge in [0.05, 0.1) is 41.0 Å². The predicted molar refractivity (Wildman–Crippen MR) is 187 cm³/mol. The maximum absolute atomic E-state index is 13.6. The van der Waals surface area contributed by atoms with Crippen LogP contribution in [0.15, 0.2) is 48.7 Å². The van der Waals surface area contributed by atoms with Gasteiger partial charge in [0.2, 0.25) is 12.3 Å². The molecule has 5 heterocycles. The Morgan fingerprint density at radius 3 is 2.30 bits per heavy atom. The number of aromatic nitrogens is 4. The third-order valence-corrected chi connectivity index (χ3v) is 9.38. The Balaban J connectivity index is 1.01. The SMILES string of the molecule is CC(C)[C@H](NC1OCO1)C(=O)N1CCC[C@H]1c1nc2ccc(C#Cc3ccc(-c4cnc([C@@H]5CCCN5C(=O)OC(C)(C)C)[nH]4)cc3)cc2[nH]1. The van der Waals surface area contributed by atoms with Gasteiger partial charge in [-0.05, 0) is 88.3 Å². The molecule has 0 aliphatic carbocycles. The Hall–Kier alpha value is -4.70. The molecule has 2 aromatic heterocycles. The van der Waals surface area contributed by atoms with Gasteiger partial charge in [-0.25, -0.2) is 14.8 Å². The predicted octanol–water partition coefficient (Wildman–Crippen LogP) is 5.99. The fraction of sp³-hybridized carbons (Fsp3) is 0.474. The zero-order chi connectivity index (χ0) is 35.0. The van der Waals surface area contributed by atoms with Crippen molar-refractivity contribution in [3.8, 4) is 23.1 Å². The van der Waals surface area contributed by atoms with E-state index in [9.17, 15) is 9.59 Å². The van der Waals surface area contributed by atoms with Gasteiger partial charge in [-0.3, -0.25) is 15.0 Å². The number of hydrogen-bond acceptors (Lipinski definition) is 8. The molecule has 4 aromatic rings. The molecule has 262 valence electrons. The first kappa shape index (κ1) is 33.8. The summed E-state index contributed by atoms with van der Waals surface area (Å²) in [6.45, 7) is 11.3. The average Bonchev–Trinajstić information content (AvgIpc) is 3.87. The van der Waals surface area contributed by atoms with Gasteiger partial charge >= 0.3 is 6.09 Å². The molecule has 0 saturated carbocycles. The highest BCUT2D eigenvalue weighted by Crippen LogP contribution is 2.34. The molecule has 7 rings (SSSR count). The van der Waals surface area contributed by atoms with Gasteiger partial charge < -0.3 is 29.1 Å². The molecule has 2 amide bonds. The van der Waals surface area contributed by atoms with Crippen LogP contribution >= 0.6 is 0 Å². The monoisotopic (exact) mass is 679 g/mol. The molecule has 3 atom stereocenters. The number of rotatable bonds is 7. The fourth-order valence-corrected chi connectivity index (χ4v) is 6.81. The minimum Gasteiger partial charge on any atom is -0.444 e. The fourth-order valence-electron chi connectivity index (χ4n) is 6.81. The lowest BCUT2D eigenvalue weighted by Crippen LogP contribution is -2.56. The van der Waals surface area contributed by atoms with Crippen molar-refractivity contribution in [2.45, 2.75) is 90.4 Å². The number of carbonyl (C=O) groups is 2. The molecule has 3 N–H and O–H groups in total. The Morgan fingerprint density at radius 1 is 0.940 bits per heavy atom. The van der Waals surface area contributed by atoms with Gasteiger partial charge in [0, 0.05) is 24.2 Å². The summed E-state index contributed by atoms with van der Waals surface area (Å²) in [6, 6.07) is 13.3. The van der Waals surface area contributed by atoms with E-state index in [4.69, 9.17) is 19.2 Å². The molecule has 12 nitrogen and oxygen atoms in total. The first-order valence-corrected chi connectivity index (χ1v) is 17.5. The molecule has 3 aliphatic rings. The highest BCUT2D eigenvalue weighted by atomic mass is 16.9. The first-order chi connectivity index (χ1) is 24.0. The number of fused-ring (bicyclic) bond motifs is 1. The number of hydrogen-bond donors (Lipinski definition) is 3. The number of benzene rings is 2. The van der Waals surface area contributed by atoms with Crippen LogP contribution in [0.2, 0.25) is 0 Å². The van der Waals surface area contributed by atoms with E-state index >= 15 is 0 Å². The maximum Gasteiger partial charge on any atom is 0.410 e. The van der Waals surface area contributed by atoms with Crippen LogP contribution in [0, 0.1) is 17.8 Å². The Bertz CT molecular complexity index is 1910. The zero-order valence-corrected chi connectivity index (χ0v) is 29.3. The third kappa shape index (κ3) is 7.26. The molecular formula is C38H45N7O5. The van der Waals surface area contributed by atoms with Crippen LogP contribution in [0.25, 0.3) is 22.3 Å². The van der Waals surface area contributed by atoms with Crippen LogP contribution < -0.4 is 5.32 Å². The van der Waals surface area contributed by atoms with Crippen molar-refractivity contribution in [2.75, 3.05) is 19.9 Å². The number of imidazole rings is 2. The summed E-state index contributed by atoms with van der Waals surface area (Å²) in [5.41, 5.74) is 4.81. The van der Waals surface area contributed by atoms with Gasteiger partial charge in [0.15, 0.2) is 6.79 Å². The lowest BCUT2D eigenvalue weighted by Gasteiger charge is -2.35. The first-order valence-electron chi connectivity index (χ1n) is 17.5. The smallest absolute Gasteiger partial charge is 0.410 e. The van der Waals surface area contributed by atoms with Gasteiger partial charge in [0.25, 0.3) is 0 Å². The molecular weight excluding hydrogens is 634 g/mol. The minimum absolute atomic E-state index is 0.0336. The summed E-state index contributed by atoms with van der Waals surface area (Å²) < 4.78 is 16.3. The van der Waals surface area contributed by atoms with Gasteiger partial charge in [0.1, 0.15) is 17.2 Å². The number of amides is 2. The summed E-state index contributed by atoms with van der Waals surface area (Å²) >= 11 is 0. The number of carbonyl (C=O) groups excluding carboxylic acids is 2. The maximum atomic E-state index is 13.6. The summed E-state index contributed by atoms with van der Waals surface area (Å²) in [5, 5.41) is 3.19. The number of aromatic amines is 2. The Labute approximate surface area is 292 Å². The zero-order valence-electron chi connectivity index (χ0n) is 29.3. The second-order valence-electron chi connectivity index (χ2n) is 14.6. The summed E-state index contributed by atoms with van der Waals surface area (Å²) in [5.74, 6) is 8.22. The van der Waals surface area contributed by atoms with E-state index in [2.05, 4.69) is 32.1 Å². The standard InChI is InChI=1S/C38H45N7O5/c1-23(2)32(43-36-48-22-49-36)35(46)44-18-6-9-31(44)34-40-27-17-14-25(20-28(27)41-34)11-10-24-12-15-26(16-13-24)29-21-39-33(42-29)30-8-7-19-45(30)37(47)50-38(3,4)5/h12-17,20-21,23,30-32,36,43H,6-9,18-19,22H2,1-5H3,(H,39,42)(H,40,41)/t30-,31-,32-/m0/s1. The largest absolute Gasteiger partial charge is 0.444 e.